The predicted octanol–water partition coefficient (Wildman–Crippen LogP) is 3.02. The highest BCUT2D eigenvalue weighted by atomic mass is 16.3. The number of anilines is 2. The Hall–Kier alpha value is -1.82. The Morgan fingerprint density at radius 1 is 1.30 bits per heavy atom. The molecular formula is C17H29N5O. The maximum Gasteiger partial charge on any atom is 0.222 e. The van der Waals surface area contributed by atoms with E-state index < -0.39 is 0 Å². The van der Waals surface area contributed by atoms with Crippen molar-refractivity contribution in [1.82, 2.24) is 14.5 Å². The van der Waals surface area contributed by atoms with Gasteiger partial charge in [0.2, 0.25) is 5.95 Å². The lowest BCUT2D eigenvalue weighted by molar-refractivity contribution is 0.276. The first-order chi connectivity index (χ1) is 11.0. The van der Waals surface area contributed by atoms with Gasteiger partial charge in [0.25, 0.3) is 0 Å². The smallest absolute Gasteiger partial charge is 0.222 e. The average molecular weight is 319 g/mol. The van der Waals surface area contributed by atoms with E-state index in [2.05, 4.69) is 40.6 Å². The van der Waals surface area contributed by atoms with Crippen LogP contribution in [0.15, 0.2) is 12.3 Å². The van der Waals surface area contributed by atoms with Gasteiger partial charge in [-0.05, 0) is 24.8 Å². The Balaban J connectivity index is 2.34. The van der Waals surface area contributed by atoms with Crippen molar-refractivity contribution in [2.45, 2.75) is 59.0 Å². The fraction of sp³-hybridized carbons (Fsp3) is 0.647. The Kier molecular flexibility index (Phi) is 6.21. The van der Waals surface area contributed by atoms with Gasteiger partial charge in [-0.25, -0.2) is 4.98 Å². The standard InChI is InChI=1S/C17H29N5O/c1-4-5-6-13(8-10-23)19-16-15-14(20-17(18)21-16)7-9-22(15)11-12(2)3/h7,9,12-13,23H,4-6,8,10-11H2,1-3H3,(H3,18,19,20,21). The summed E-state index contributed by atoms with van der Waals surface area (Å²) in [4.78, 5) is 8.76. The van der Waals surface area contributed by atoms with Gasteiger partial charge in [-0.3, -0.25) is 0 Å². The summed E-state index contributed by atoms with van der Waals surface area (Å²) in [7, 11) is 0. The molecule has 2 aromatic heterocycles. The van der Waals surface area contributed by atoms with Gasteiger partial charge >= 0.3 is 0 Å². The normalized spacial score (nSPS) is 12.9. The Morgan fingerprint density at radius 2 is 2.09 bits per heavy atom. The van der Waals surface area contributed by atoms with Gasteiger partial charge in [0.15, 0.2) is 5.82 Å². The van der Waals surface area contributed by atoms with Gasteiger partial charge in [-0.2, -0.15) is 4.98 Å². The number of aliphatic hydroxyl groups excluding tert-OH is 1. The summed E-state index contributed by atoms with van der Waals surface area (Å²) in [6, 6.07) is 2.17. The number of aromatic nitrogens is 3. The summed E-state index contributed by atoms with van der Waals surface area (Å²) in [5, 5.41) is 12.8. The third-order valence-corrected chi connectivity index (χ3v) is 3.91. The number of hydrogen-bond donors (Lipinski definition) is 3. The number of nitrogens with two attached hydrogens (primary N) is 1. The van der Waals surface area contributed by atoms with Crippen molar-refractivity contribution >= 4 is 22.8 Å². The van der Waals surface area contributed by atoms with Crippen LogP contribution >= 0.6 is 0 Å². The monoisotopic (exact) mass is 319 g/mol. The van der Waals surface area contributed by atoms with E-state index in [-0.39, 0.29) is 18.6 Å². The highest BCUT2D eigenvalue weighted by Crippen LogP contribution is 2.25. The topological polar surface area (TPSA) is 89.0 Å². The second-order valence-corrected chi connectivity index (χ2v) is 6.52. The van der Waals surface area contributed by atoms with E-state index in [1.54, 1.807) is 0 Å². The van der Waals surface area contributed by atoms with E-state index in [1.165, 1.54) is 0 Å². The summed E-state index contributed by atoms with van der Waals surface area (Å²) in [6.45, 7) is 7.62. The molecule has 128 valence electrons. The fourth-order valence-electron chi connectivity index (χ4n) is 2.86. The second kappa shape index (κ2) is 8.15. The first kappa shape index (κ1) is 17.5. The summed E-state index contributed by atoms with van der Waals surface area (Å²) in [5.74, 6) is 1.58. The molecule has 0 spiro atoms. The van der Waals surface area contributed by atoms with Crippen LogP contribution in [-0.2, 0) is 6.54 Å². The van der Waals surface area contributed by atoms with Crippen molar-refractivity contribution in [3.8, 4) is 0 Å². The number of rotatable bonds is 9. The van der Waals surface area contributed by atoms with Crippen LogP contribution in [0, 0.1) is 5.92 Å². The molecule has 0 aliphatic rings. The quantitative estimate of drug-likeness (QED) is 0.661. The van der Waals surface area contributed by atoms with E-state index in [9.17, 15) is 5.11 Å². The highest BCUT2D eigenvalue weighted by Gasteiger charge is 2.15. The zero-order valence-corrected chi connectivity index (χ0v) is 14.4. The van der Waals surface area contributed by atoms with E-state index in [0.717, 1.165) is 42.7 Å². The third kappa shape index (κ3) is 4.58. The largest absolute Gasteiger partial charge is 0.396 e. The summed E-state index contributed by atoms with van der Waals surface area (Å²) < 4.78 is 2.18. The van der Waals surface area contributed by atoms with Crippen LogP contribution in [0.2, 0.25) is 0 Å². The van der Waals surface area contributed by atoms with Crippen LogP contribution in [0.4, 0.5) is 11.8 Å². The molecule has 0 aromatic carbocycles. The molecule has 0 bridgehead atoms. The summed E-state index contributed by atoms with van der Waals surface area (Å²) >= 11 is 0. The molecule has 0 fully saturated rings. The first-order valence-electron chi connectivity index (χ1n) is 8.54. The number of hydrogen-bond acceptors (Lipinski definition) is 5. The van der Waals surface area contributed by atoms with Crippen LogP contribution < -0.4 is 11.1 Å². The van der Waals surface area contributed by atoms with Gasteiger partial charge in [-0.1, -0.05) is 33.6 Å². The number of aliphatic hydroxyl groups is 1. The second-order valence-electron chi connectivity index (χ2n) is 6.52. The first-order valence-corrected chi connectivity index (χ1v) is 8.54. The molecule has 0 saturated carbocycles. The molecule has 2 rings (SSSR count). The molecule has 1 unspecified atom stereocenters. The van der Waals surface area contributed by atoms with E-state index in [0.29, 0.717) is 12.3 Å². The Labute approximate surface area is 138 Å². The number of fused-ring (bicyclic) bond motifs is 1. The molecule has 2 heterocycles. The lowest BCUT2D eigenvalue weighted by Gasteiger charge is -2.20. The number of nitrogens with one attached hydrogen (secondary N) is 1. The van der Waals surface area contributed by atoms with E-state index >= 15 is 0 Å². The van der Waals surface area contributed by atoms with E-state index in [1.807, 2.05) is 12.3 Å². The van der Waals surface area contributed by atoms with Crippen LogP contribution in [0.1, 0.15) is 46.5 Å². The van der Waals surface area contributed by atoms with Gasteiger partial charge < -0.3 is 20.7 Å². The molecule has 0 radical (unpaired) electrons. The third-order valence-electron chi connectivity index (χ3n) is 3.91. The van der Waals surface area contributed by atoms with Crippen molar-refractivity contribution in [2.75, 3.05) is 17.7 Å². The Morgan fingerprint density at radius 3 is 2.74 bits per heavy atom. The van der Waals surface area contributed by atoms with Crippen LogP contribution in [0.25, 0.3) is 11.0 Å². The minimum absolute atomic E-state index is 0.165. The number of unbranched alkanes of at least 4 members (excludes halogenated alkanes) is 1. The maximum absolute atomic E-state index is 9.31. The molecule has 1 atom stereocenters. The van der Waals surface area contributed by atoms with Crippen molar-refractivity contribution in [3.05, 3.63) is 12.3 Å². The number of nitrogen functional groups attached to an aromatic ring is 1. The minimum Gasteiger partial charge on any atom is -0.396 e. The van der Waals surface area contributed by atoms with Gasteiger partial charge in [0.1, 0.15) is 5.52 Å². The van der Waals surface area contributed by atoms with Crippen molar-refractivity contribution in [2.24, 2.45) is 5.92 Å². The van der Waals surface area contributed by atoms with Crippen LogP contribution in [0.5, 0.6) is 0 Å². The van der Waals surface area contributed by atoms with E-state index in [4.69, 9.17) is 5.73 Å². The minimum atomic E-state index is 0.165. The van der Waals surface area contributed by atoms with Crippen LogP contribution in [0.3, 0.4) is 0 Å². The lowest BCUT2D eigenvalue weighted by atomic mass is 10.1. The van der Waals surface area contributed by atoms with Gasteiger partial charge in [0, 0.05) is 25.4 Å². The maximum atomic E-state index is 9.31. The summed E-state index contributed by atoms with van der Waals surface area (Å²) in [6.07, 6.45) is 6.00. The Bertz CT molecular complexity index is 623. The molecule has 6 heteroatoms. The SMILES string of the molecule is CCCCC(CCO)Nc1nc(N)nc2ccn(CC(C)C)c12. The molecule has 0 saturated heterocycles. The zero-order chi connectivity index (χ0) is 16.8. The lowest BCUT2D eigenvalue weighted by Crippen LogP contribution is -2.22. The average Bonchev–Trinajstić information content (AvgIpc) is 2.87. The molecule has 0 aliphatic heterocycles. The molecule has 0 aliphatic carbocycles. The summed E-state index contributed by atoms with van der Waals surface area (Å²) in [5.41, 5.74) is 7.72. The van der Waals surface area contributed by atoms with Gasteiger partial charge in [-0.15, -0.1) is 0 Å². The number of nitrogens with zero attached hydrogens (tertiary/aromatic N) is 3. The van der Waals surface area contributed by atoms with Crippen molar-refractivity contribution in [1.29, 1.82) is 0 Å². The molecular weight excluding hydrogens is 290 g/mol. The van der Waals surface area contributed by atoms with Crippen LogP contribution in [-0.4, -0.2) is 32.3 Å². The molecule has 0 amide bonds. The van der Waals surface area contributed by atoms with Crippen molar-refractivity contribution < 1.29 is 5.11 Å². The molecule has 6 nitrogen and oxygen atoms in total. The fourth-order valence-corrected chi connectivity index (χ4v) is 2.86. The molecule has 23 heavy (non-hydrogen) atoms. The van der Waals surface area contributed by atoms with Gasteiger partial charge in [0.05, 0.1) is 5.52 Å². The highest BCUT2D eigenvalue weighted by molar-refractivity contribution is 5.87. The molecule has 2 aromatic rings. The van der Waals surface area contributed by atoms with Crippen molar-refractivity contribution in [3.63, 3.8) is 0 Å². The molecule has 4 N–H and O–H groups in total. The predicted molar refractivity (Wildman–Crippen MR) is 95.4 cm³/mol. The zero-order valence-electron chi connectivity index (χ0n) is 14.4.